The van der Waals surface area contributed by atoms with Crippen molar-refractivity contribution in [2.45, 2.75) is 57.4 Å². The minimum absolute atomic E-state index is 0.00538. The highest BCUT2D eigenvalue weighted by atomic mass is 32.2. The first kappa shape index (κ1) is 29.6. The Morgan fingerprint density at radius 1 is 1.21 bits per heavy atom. The van der Waals surface area contributed by atoms with Crippen LogP contribution in [0.2, 0.25) is 0 Å². The van der Waals surface area contributed by atoms with Crippen LogP contribution in [-0.4, -0.2) is 91.7 Å². The van der Waals surface area contributed by atoms with E-state index in [-0.39, 0.29) is 34.2 Å². The summed E-state index contributed by atoms with van der Waals surface area (Å²) >= 11 is 0. The Kier molecular flexibility index (Phi) is 9.91. The van der Waals surface area contributed by atoms with Gasteiger partial charge in [-0.05, 0) is 45.2 Å². The fourth-order valence-corrected chi connectivity index (χ4v) is 6.04. The van der Waals surface area contributed by atoms with E-state index in [0.29, 0.717) is 38.6 Å². The van der Waals surface area contributed by atoms with Gasteiger partial charge in [0.25, 0.3) is 5.91 Å². The molecule has 0 aromatic carbocycles. The standard InChI is InChI=1S/C26H40N6O5S/c1-6-22(30(5)19-10-9-11-19)23(18(4)24(27)33)29-25(34)21-16-20(17-28-26(21)37-8-3)38(35,36)32-14-12-31(7-2)13-15-32/h16-17,19H,4,6-15H2,1-3,5H3,(H2,27,33)(H,29,34)/b23-22+. The molecule has 1 aromatic rings. The van der Waals surface area contributed by atoms with Crippen molar-refractivity contribution in [3.63, 3.8) is 0 Å². The predicted molar refractivity (Wildman–Crippen MR) is 145 cm³/mol. The van der Waals surface area contributed by atoms with Crippen molar-refractivity contribution in [1.82, 2.24) is 24.4 Å². The zero-order chi connectivity index (χ0) is 28.0. The Bertz CT molecular complexity index is 1190. The number of hydrogen-bond acceptors (Lipinski definition) is 8. The van der Waals surface area contributed by atoms with Crippen molar-refractivity contribution in [3.8, 4) is 5.88 Å². The number of likely N-dealkylation sites (N-methyl/N-ethyl adjacent to an activating group) is 1. The van der Waals surface area contributed by atoms with E-state index in [1.165, 1.54) is 16.6 Å². The third-order valence-electron chi connectivity index (χ3n) is 7.28. The molecule has 1 aliphatic carbocycles. The van der Waals surface area contributed by atoms with E-state index in [9.17, 15) is 18.0 Å². The molecule has 0 unspecified atom stereocenters. The summed E-state index contributed by atoms with van der Waals surface area (Å²) in [7, 11) is -1.97. The quantitative estimate of drug-likeness (QED) is 0.297. The fraction of sp³-hybridized carbons (Fsp3) is 0.577. The molecule has 11 nitrogen and oxygen atoms in total. The monoisotopic (exact) mass is 548 g/mol. The van der Waals surface area contributed by atoms with E-state index in [4.69, 9.17) is 10.5 Å². The number of rotatable bonds is 12. The number of nitrogens with zero attached hydrogens (tertiary/aromatic N) is 4. The second-order valence-corrected chi connectivity index (χ2v) is 11.4. The Morgan fingerprint density at radius 2 is 1.87 bits per heavy atom. The number of amides is 2. The number of ether oxygens (including phenoxy) is 1. The van der Waals surface area contributed by atoms with Gasteiger partial charge in [-0.1, -0.05) is 20.4 Å². The highest BCUT2D eigenvalue weighted by Crippen LogP contribution is 2.30. The van der Waals surface area contributed by atoms with Gasteiger partial charge in [-0.25, -0.2) is 13.4 Å². The number of primary amides is 1. The summed E-state index contributed by atoms with van der Waals surface area (Å²) in [5, 5.41) is 2.78. The SMILES string of the molecule is C=C(C(N)=O)/C(NC(=O)c1cc(S(=O)(=O)N2CCN(CC)CC2)cnc1OCC)=C(/CC)N(C)C1CCC1. The predicted octanol–water partition coefficient (Wildman–Crippen LogP) is 1.68. The van der Waals surface area contributed by atoms with Crippen LogP contribution in [0.5, 0.6) is 5.88 Å². The summed E-state index contributed by atoms with van der Waals surface area (Å²) in [4.78, 5) is 34.0. The highest BCUT2D eigenvalue weighted by Gasteiger charge is 2.31. The third-order valence-corrected chi connectivity index (χ3v) is 9.14. The van der Waals surface area contributed by atoms with Crippen LogP contribution in [0.1, 0.15) is 56.8 Å². The molecule has 3 N–H and O–H groups in total. The Hall–Kier alpha value is -2.96. The average molecular weight is 549 g/mol. The van der Waals surface area contributed by atoms with Gasteiger partial charge in [-0.15, -0.1) is 0 Å². The summed E-state index contributed by atoms with van der Waals surface area (Å²) in [6, 6.07) is 1.57. The Labute approximate surface area is 225 Å². The lowest BCUT2D eigenvalue weighted by Gasteiger charge is -2.38. The van der Waals surface area contributed by atoms with Crippen molar-refractivity contribution >= 4 is 21.8 Å². The molecule has 2 aliphatic rings. The first-order chi connectivity index (χ1) is 18.0. The molecule has 0 spiro atoms. The number of nitrogens with two attached hydrogens (primary N) is 1. The average Bonchev–Trinajstić information content (AvgIpc) is 2.87. The lowest BCUT2D eigenvalue weighted by molar-refractivity contribution is -0.114. The Morgan fingerprint density at radius 3 is 2.37 bits per heavy atom. The van der Waals surface area contributed by atoms with Crippen molar-refractivity contribution in [3.05, 3.63) is 41.4 Å². The number of hydrogen-bond donors (Lipinski definition) is 2. The third kappa shape index (κ3) is 6.36. The van der Waals surface area contributed by atoms with Crippen molar-refractivity contribution in [2.24, 2.45) is 5.73 Å². The summed E-state index contributed by atoms with van der Waals surface area (Å²) in [6.07, 6.45) is 4.86. The largest absolute Gasteiger partial charge is 0.477 e. The normalized spacial score (nSPS) is 17.8. The molecule has 1 aromatic heterocycles. The highest BCUT2D eigenvalue weighted by molar-refractivity contribution is 7.89. The maximum Gasteiger partial charge on any atom is 0.261 e. The van der Waals surface area contributed by atoms with Crippen LogP contribution in [0.15, 0.2) is 40.7 Å². The fourth-order valence-electron chi connectivity index (χ4n) is 4.65. The number of carbonyl (C=O) groups excluding carboxylic acids is 2. The van der Waals surface area contributed by atoms with Gasteiger partial charge in [0.05, 0.1) is 24.1 Å². The molecule has 0 bridgehead atoms. The van der Waals surface area contributed by atoms with Gasteiger partial charge < -0.3 is 25.6 Å². The zero-order valence-electron chi connectivity index (χ0n) is 22.8. The smallest absolute Gasteiger partial charge is 0.261 e. The molecule has 210 valence electrons. The minimum Gasteiger partial charge on any atom is -0.477 e. The molecular formula is C26H40N6O5S. The van der Waals surface area contributed by atoms with Crippen LogP contribution in [0.3, 0.4) is 0 Å². The van der Waals surface area contributed by atoms with E-state index < -0.39 is 21.8 Å². The summed E-state index contributed by atoms with van der Waals surface area (Å²) in [5.41, 5.74) is 6.40. The van der Waals surface area contributed by atoms with E-state index in [1.807, 2.05) is 25.8 Å². The van der Waals surface area contributed by atoms with Crippen LogP contribution in [-0.2, 0) is 14.8 Å². The van der Waals surface area contributed by atoms with Gasteiger partial charge in [0.15, 0.2) is 0 Å². The van der Waals surface area contributed by atoms with E-state index >= 15 is 0 Å². The molecule has 2 amide bonds. The maximum atomic E-state index is 13.6. The summed E-state index contributed by atoms with van der Waals surface area (Å²) in [6.45, 7) is 12.6. The van der Waals surface area contributed by atoms with Crippen LogP contribution >= 0.6 is 0 Å². The minimum atomic E-state index is -3.88. The molecule has 2 fully saturated rings. The summed E-state index contributed by atoms with van der Waals surface area (Å²) < 4.78 is 33.8. The molecule has 2 heterocycles. The first-order valence-corrected chi connectivity index (χ1v) is 14.6. The number of piperazine rings is 1. The zero-order valence-corrected chi connectivity index (χ0v) is 23.6. The van der Waals surface area contributed by atoms with Gasteiger partial charge >= 0.3 is 0 Å². The molecule has 0 radical (unpaired) electrons. The van der Waals surface area contributed by atoms with Gasteiger partial charge in [0.1, 0.15) is 10.5 Å². The van der Waals surface area contributed by atoms with Gasteiger partial charge in [0, 0.05) is 45.0 Å². The lowest BCUT2D eigenvalue weighted by Crippen LogP contribution is -2.48. The molecule has 1 saturated carbocycles. The van der Waals surface area contributed by atoms with Crippen LogP contribution in [0.4, 0.5) is 0 Å². The van der Waals surface area contributed by atoms with E-state index in [1.54, 1.807) is 6.92 Å². The van der Waals surface area contributed by atoms with Crippen LogP contribution < -0.4 is 15.8 Å². The number of nitrogens with one attached hydrogen (secondary N) is 1. The number of aromatic nitrogens is 1. The first-order valence-electron chi connectivity index (χ1n) is 13.2. The van der Waals surface area contributed by atoms with Crippen molar-refractivity contribution < 1.29 is 22.7 Å². The van der Waals surface area contributed by atoms with Crippen molar-refractivity contribution in [2.75, 3.05) is 46.4 Å². The molecule has 3 rings (SSSR count). The van der Waals surface area contributed by atoms with E-state index in [0.717, 1.165) is 31.5 Å². The van der Waals surface area contributed by atoms with Crippen LogP contribution in [0.25, 0.3) is 0 Å². The van der Waals surface area contributed by atoms with Gasteiger partial charge in [0.2, 0.25) is 21.8 Å². The maximum absolute atomic E-state index is 13.6. The molecule has 12 heteroatoms. The number of pyridine rings is 1. The number of sulfonamides is 1. The van der Waals surface area contributed by atoms with Gasteiger partial charge in [-0.3, -0.25) is 9.59 Å². The molecule has 38 heavy (non-hydrogen) atoms. The molecule has 1 aliphatic heterocycles. The molecule has 0 atom stereocenters. The number of allylic oxidation sites excluding steroid dienone is 1. The van der Waals surface area contributed by atoms with Crippen LogP contribution in [0, 0.1) is 0 Å². The van der Waals surface area contributed by atoms with Gasteiger partial charge in [-0.2, -0.15) is 4.31 Å². The van der Waals surface area contributed by atoms with E-state index in [2.05, 4.69) is 21.8 Å². The number of carbonyl (C=O) groups is 2. The molecule has 1 saturated heterocycles. The second-order valence-electron chi connectivity index (χ2n) is 9.46. The Balaban J connectivity index is 1.99. The second kappa shape index (κ2) is 12.7. The lowest BCUT2D eigenvalue weighted by atomic mass is 9.91. The summed E-state index contributed by atoms with van der Waals surface area (Å²) in [5.74, 6) is -1.44. The molecular weight excluding hydrogens is 508 g/mol. The van der Waals surface area contributed by atoms with Crippen molar-refractivity contribution in [1.29, 1.82) is 0 Å². The topological polar surface area (TPSA) is 138 Å².